The molecule has 8 nitrogen and oxygen atoms in total. The maximum atomic E-state index is 13.7. The highest BCUT2D eigenvalue weighted by molar-refractivity contribution is 6.26. The normalized spacial score (nSPS) is 19.2. The molecule has 0 amide bonds. The van der Waals surface area contributed by atoms with E-state index in [-0.39, 0.29) is 11.3 Å². The molecule has 3 aromatic rings. The highest BCUT2D eigenvalue weighted by Crippen LogP contribution is 2.35. The van der Waals surface area contributed by atoms with Crippen molar-refractivity contribution in [3.05, 3.63) is 119 Å². The van der Waals surface area contributed by atoms with Gasteiger partial charge in [-0.3, -0.25) is 14.6 Å². The van der Waals surface area contributed by atoms with Crippen LogP contribution in [0.4, 0.5) is 0 Å². The lowest BCUT2D eigenvalue weighted by molar-refractivity contribution is -0.145. The van der Waals surface area contributed by atoms with E-state index in [1.807, 2.05) is 53.5 Å². The number of fused-ring (bicyclic) bond motifs is 2. The Kier molecular flexibility index (Phi) is 6.81. The van der Waals surface area contributed by atoms with Crippen molar-refractivity contribution >= 4 is 28.6 Å². The monoisotopic (exact) mass is 507 g/mol. The van der Waals surface area contributed by atoms with Gasteiger partial charge in [-0.2, -0.15) is 0 Å². The largest absolute Gasteiger partial charge is 0.438 e. The summed E-state index contributed by atoms with van der Waals surface area (Å²) in [6.45, 7) is 2.22. The molecule has 5 rings (SSSR count). The second-order valence-electron chi connectivity index (χ2n) is 9.04. The van der Waals surface area contributed by atoms with Crippen molar-refractivity contribution in [3.8, 4) is 0 Å². The van der Waals surface area contributed by atoms with E-state index in [0.717, 1.165) is 11.3 Å². The summed E-state index contributed by atoms with van der Waals surface area (Å²) >= 11 is 0. The first kappa shape index (κ1) is 25.0. The molecule has 0 bridgehead atoms. The Hall–Kier alpha value is -4.69. The molecule has 0 radical (unpaired) electrons. The van der Waals surface area contributed by atoms with Crippen molar-refractivity contribution in [1.29, 1.82) is 0 Å². The van der Waals surface area contributed by atoms with Crippen LogP contribution in [0.15, 0.2) is 108 Å². The topological polar surface area (TPSA) is 98.7 Å². The number of aromatic nitrogens is 2. The van der Waals surface area contributed by atoms with Gasteiger partial charge in [-0.25, -0.2) is 9.78 Å². The summed E-state index contributed by atoms with van der Waals surface area (Å²) in [5.74, 6) is -2.12. The SMILES string of the molecule is COCC=CC1=CC2=CC(=O)C(C)(OC(=O)c3cnc4ccccc4n3)C(=O)C2=CN1Cc1ccccc1. The number of nitrogens with zero attached hydrogens (tertiary/aromatic N) is 3. The maximum absolute atomic E-state index is 13.7. The Bertz CT molecular complexity index is 1550. The van der Waals surface area contributed by atoms with Crippen molar-refractivity contribution in [2.24, 2.45) is 0 Å². The Morgan fingerprint density at radius 1 is 1.03 bits per heavy atom. The van der Waals surface area contributed by atoms with Crippen LogP contribution >= 0.6 is 0 Å². The number of allylic oxidation sites excluding steroid dienone is 3. The van der Waals surface area contributed by atoms with Gasteiger partial charge in [0.05, 0.1) is 23.8 Å². The Balaban J connectivity index is 1.47. The number of esters is 1. The summed E-state index contributed by atoms with van der Waals surface area (Å²) in [5.41, 5.74) is 1.55. The highest BCUT2D eigenvalue weighted by atomic mass is 16.6. The third-order valence-corrected chi connectivity index (χ3v) is 6.37. The van der Waals surface area contributed by atoms with Gasteiger partial charge in [0.25, 0.3) is 0 Å². The number of benzene rings is 2. The molecule has 1 atom stereocenters. The van der Waals surface area contributed by atoms with E-state index >= 15 is 0 Å². The molecule has 0 saturated heterocycles. The molecule has 0 spiro atoms. The van der Waals surface area contributed by atoms with Crippen LogP contribution in [0.2, 0.25) is 0 Å². The first-order valence-corrected chi connectivity index (χ1v) is 12.0. The molecule has 2 heterocycles. The summed E-state index contributed by atoms with van der Waals surface area (Å²) in [6.07, 6.45) is 9.82. The van der Waals surface area contributed by atoms with E-state index in [1.165, 1.54) is 19.2 Å². The minimum atomic E-state index is -2.03. The predicted octanol–water partition coefficient (Wildman–Crippen LogP) is 4.11. The Morgan fingerprint density at radius 3 is 2.53 bits per heavy atom. The number of ether oxygens (including phenoxy) is 2. The number of hydrogen-bond donors (Lipinski definition) is 0. The molecule has 1 aromatic heterocycles. The van der Waals surface area contributed by atoms with E-state index in [2.05, 4.69) is 9.97 Å². The first-order valence-electron chi connectivity index (χ1n) is 12.0. The fourth-order valence-corrected chi connectivity index (χ4v) is 4.30. The van der Waals surface area contributed by atoms with Gasteiger partial charge < -0.3 is 14.4 Å². The van der Waals surface area contributed by atoms with E-state index in [4.69, 9.17) is 9.47 Å². The molecule has 8 heteroatoms. The number of para-hydroxylation sites is 2. The number of rotatable bonds is 7. The molecule has 0 saturated carbocycles. The third kappa shape index (κ3) is 4.81. The maximum Gasteiger partial charge on any atom is 0.360 e. The number of carbonyl (C=O) groups is 3. The second-order valence-corrected chi connectivity index (χ2v) is 9.04. The smallest absolute Gasteiger partial charge is 0.360 e. The lowest BCUT2D eigenvalue weighted by atomic mass is 9.79. The molecular formula is C30H25N3O5. The Morgan fingerprint density at radius 2 is 1.76 bits per heavy atom. The van der Waals surface area contributed by atoms with E-state index in [9.17, 15) is 14.4 Å². The fourth-order valence-electron chi connectivity index (χ4n) is 4.30. The van der Waals surface area contributed by atoms with Crippen LogP contribution in [0.5, 0.6) is 0 Å². The zero-order chi connectivity index (χ0) is 26.7. The number of methoxy groups -OCH3 is 1. The van der Waals surface area contributed by atoms with E-state index < -0.39 is 23.1 Å². The molecule has 1 aliphatic heterocycles. The average Bonchev–Trinajstić information content (AvgIpc) is 2.93. The van der Waals surface area contributed by atoms with Gasteiger partial charge >= 0.3 is 5.97 Å². The number of ketones is 2. The van der Waals surface area contributed by atoms with Crippen molar-refractivity contribution < 1.29 is 23.9 Å². The zero-order valence-electron chi connectivity index (χ0n) is 21.0. The fraction of sp³-hybridized carbons (Fsp3) is 0.167. The standard InChI is InChI=1S/C30H25N3O5/c1-30(38-29(36)26-17-31-24-12-6-7-13-25(24)32-26)27(34)16-21-15-22(11-8-14-37-2)33(19-23(21)28(30)35)18-20-9-4-3-5-10-20/h3-13,15-17,19H,14,18H2,1-2H3. The molecule has 1 aliphatic carbocycles. The molecule has 190 valence electrons. The molecular weight excluding hydrogens is 482 g/mol. The number of hydrogen-bond acceptors (Lipinski definition) is 8. The van der Waals surface area contributed by atoms with Crippen molar-refractivity contribution in [2.75, 3.05) is 13.7 Å². The third-order valence-electron chi connectivity index (χ3n) is 6.37. The predicted molar refractivity (Wildman–Crippen MR) is 141 cm³/mol. The molecule has 0 fully saturated rings. The molecule has 38 heavy (non-hydrogen) atoms. The zero-order valence-corrected chi connectivity index (χ0v) is 21.0. The van der Waals surface area contributed by atoms with Gasteiger partial charge in [-0.05, 0) is 48.4 Å². The van der Waals surface area contributed by atoms with Crippen LogP contribution in [0.3, 0.4) is 0 Å². The van der Waals surface area contributed by atoms with E-state index in [0.29, 0.717) is 29.8 Å². The van der Waals surface area contributed by atoms with Crippen LogP contribution < -0.4 is 0 Å². The highest BCUT2D eigenvalue weighted by Gasteiger charge is 2.49. The first-order chi connectivity index (χ1) is 18.4. The van der Waals surface area contributed by atoms with Gasteiger partial charge in [0.1, 0.15) is 0 Å². The summed E-state index contributed by atoms with van der Waals surface area (Å²) in [4.78, 5) is 50.3. The van der Waals surface area contributed by atoms with Crippen molar-refractivity contribution in [1.82, 2.24) is 14.9 Å². The minimum absolute atomic E-state index is 0.0888. The van der Waals surface area contributed by atoms with Gasteiger partial charge in [0.2, 0.25) is 17.2 Å². The minimum Gasteiger partial charge on any atom is -0.438 e. The summed E-state index contributed by atoms with van der Waals surface area (Å²) < 4.78 is 10.7. The van der Waals surface area contributed by atoms with Gasteiger partial charge in [0.15, 0.2) is 5.69 Å². The van der Waals surface area contributed by atoms with Gasteiger partial charge in [-0.15, -0.1) is 0 Å². The summed E-state index contributed by atoms with van der Waals surface area (Å²) in [7, 11) is 1.60. The van der Waals surface area contributed by atoms with Crippen molar-refractivity contribution in [2.45, 2.75) is 19.1 Å². The number of Topliss-reactive ketones (excluding diaryl/α,β-unsaturated/α-hetero) is 1. The second kappa shape index (κ2) is 10.4. The molecule has 2 aliphatic rings. The molecule has 2 aromatic carbocycles. The molecule has 1 unspecified atom stereocenters. The lowest BCUT2D eigenvalue weighted by Gasteiger charge is -2.34. The lowest BCUT2D eigenvalue weighted by Crippen LogP contribution is -2.51. The number of carbonyl (C=O) groups excluding carboxylic acids is 3. The summed E-state index contributed by atoms with van der Waals surface area (Å²) in [6, 6.07) is 16.9. The van der Waals surface area contributed by atoms with Crippen LogP contribution in [0, 0.1) is 0 Å². The van der Waals surface area contributed by atoms with E-state index in [1.54, 1.807) is 37.6 Å². The van der Waals surface area contributed by atoms with Gasteiger partial charge in [-0.1, -0.05) is 48.5 Å². The average molecular weight is 508 g/mol. The quantitative estimate of drug-likeness (QED) is 0.348. The van der Waals surface area contributed by atoms with Crippen LogP contribution in [-0.4, -0.2) is 51.7 Å². The Labute approximate surface area is 219 Å². The molecule has 0 N–H and O–H groups in total. The van der Waals surface area contributed by atoms with Gasteiger partial charge in [0, 0.05) is 31.1 Å². The van der Waals surface area contributed by atoms with Crippen molar-refractivity contribution in [3.63, 3.8) is 0 Å². The van der Waals surface area contributed by atoms with Crippen LogP contribution in [-0.2, 0) is 25.6 Å². The van der Waals surface area contributed by atoms with Crippen LogP contribution in [0.1, 0.15) is 23.0 Å². The van der Waals surface area contributed by atoms with Crippen LogP contribution in [0.25, 0.3) is 11.0 Å². The summed E-state index contributed by atoms with van der Waals surface area (Å²) in [5, 5.41) is 0.